The monoisotopic (exact) mass is 285 g/mol. The molecule has 1 N–H and O–H groups in total. The Balaban J connectivity index is 1.95. The van der Waals surface area contributed by atoms with Crippen LogP contribution in [0.25, 0.3) is 5.69 Å². The highest BCUT2D eigenvalue weighted by atomic mass is 35.5. The Morgan fingerprint density at radius 3 is 2.55 bits per heavy atom. The Hall–Kier alpha value is -2.40. The zero-order valence-electron chi connectivity index (χ0n) is 10.8. The number of hydrogen-bond acceptors (Lipinski definition) is 4. The highest BCUT2D eigenvalue weighted by Gasteiger charge is 2.10. The minimum Gasteiger partial charge on any atom is -0.323 e. The van der Waals surface area contributed by atoms with Crippen LogP contribution in [0.4, 0.5) is 11.6 Å². The first-order chi connectivity index (χ1) is 9.74. The summed E-state index contributed by atoms with van der Waals surface area (Å²) in [6.45, 7) is 2.04. The van der Waals surface area contributed by atoms with Crippen LogP contribution in [0.15, 0.2) is 48.5 Å². The van der Waals surface area contributed by atoms with Crippen molar-refractivity contribution in [1.82, 2.24) is 20.2 Å². The van der Waals surface area contributed by atoms with Gasteiger partial charge in [-0.2, -0.15) is 4.68 Å². The Kier molecular flexibility index (Phi) is 3.35. The molecule has 20 heavy (non-hydrogen) atoms. The van der Waals surface area contributed by atoms with Crippen molar-refractivity contribution in [3.8, 4) is 5.69 Å². The van der Waals surface area contributed by atoms with Gasteiger partial charge in [0.2, 0.25) is 0 Å². The Morgan fingerprint density at radius 1 is 1.05 bits per heavy atom. The third-order valence-electron chi connectivity index (χ3n) is 2.86. The number of para-hydroxylation sites is 1. The lowest BCUT2D eigenvalue weighted by atomic mass is 10.2. The summed E-state index contributed by atoms with van der Waals surface area (Å²) < 4.78 is 1.57. The molecule has 0 aliphatic heterocycles. The molecule has 1 heterocycles. The van der Waals surface area contributed by atoms with Crippen LogP contribution in [0.2, 0.25) is 5.02 Å². The predicted molar refractivity (Wildman–Crippen MR) is 78.6 cm³/mol. The van der Waals surface area contributed by atoms with Crippen molar-refractivity contribution in [1.29, 1.82) is 0 Å². The van der Waals surface area contributed by atoms with Gasteiger partial charge in [0.05, 0.1) is 10.7 Å². The molecule has 1 aromatic heterocycles. The van der Waals surface area contributed by atoms with Crippen LogP contribution >= 0.6 is 11.6 Å². The van der Waals surface area contributed by atoms with Crippen molar-refractivity contribution in [3.05, 3.63) is 59.1 Å². The second-order valence-corrected chi connectivity index (χ2v) is 4.76. The molecule has 2 aromatic carbocycles. The Morgan fingerprint density at radius 2 is 1.80 bits per heavy atom. The smallest absolute Gasteiger partial charge is 0.252 e. The number of aryl methyl sites for hydroxylation is 1. The predicted octanol–water partition coefficient (Wildman–Crippen LogP) is 3.37. The fourth-order valence-corrected chi connectivity index (χ4v) is 2.03. The molecule has 0 unspecified atom stereocenters. The fourth-order valence-electron chi connectivity index (χ4n) is 1.82. The minimum absolute atomic E-state index is 0.516. The average molecular weight is 286 g/mol. The molecule has 0 aliphatic rings. The van der Waals surface area contributed by atoms with Gasteiger partial charge in [0.1, 0.15) is 0 Å². The molecule has 3 aromatic rings. The first kappa shape index (κ1) is 12.6. The van der Waals surface area contributed by atoms with E-state index in [-0.39, 0.29) is 0 Å². The van der Waals surface area contributed by atoms with E-state index in [1.807, 2.05) is 49.4 Å². The highest BCUT2D eigenvalue weighted by molar-refractivity contribution is 6.32. The lowest BCUT2D eigenvalue weighted by molar-refractivity contribution is 0.791. The number of aromatic nitrogens is 4. The first-order valence-corrected chi connectivity index (χ1v) is 6.49. The van der Waals surface area contributed by atoms with E-state index < -0.39 is 0 Å². The third-order valence-corrected chi connectivity index (χ3v) is 3.18. The quantitative estimate of drug-likeness (QED) is 0.801. The second kappa shape index (κ2) is 5.30. The largest absolute Gasteiger partial charge is 0.323 e. The van der Waals surface area contributed by atoms with Gasteiger partial charge >= 0.3 is 0 Å². The van der Waals surface area contributed by atoms with Gasteiger partial charge in [0.25, 0.3) is 5.95 Å². The van der Waals surface area contributed by atoms with E-state index in [9.17, 15) is 0 Å². The Bertz CT molecular complexity index is 720. The van der Waals surface area contributed by atoms with E-state index in [0.29, 0.717) is 11.0 Å². The maximum atomic E-state index is 6.17. The second-order valence-electron chi connectivity index (χ2n) is 4.36. The van der Waals surface area contributed by atoms with Gasteiger partial charge in [-0.3, -0.25) is 0 Å². The maximum absolute atomic E-state index is 6.17. The van der Waals surface area contributed by atoms with Crippen LogP contribution in [-0.2, 0) is 0 Å². The van der Waals surface area contributed by atoms with Gasteiger partial charge in [-0.25, -0.2) is 0 Å². The number of nitrogens with one attached hydrogen (secondary N) is 1. The average Bonchev–Trinajstić information content (AvgIpc) is 2.90. The molecule has 0 saturated heterocycles. The number of nitrogens with zero attached hydrogens (tertiary/aromatic N) is 4. The number of benzene rings is 2. The Labute approximate surface area is 121 Å². The summed E-state index contributed by atoms with van der Waals surface area (Å²) in [5.74, 6) is 0.516. The van der Waals surface area contributed by atoms with Crippen LogP contribution in [0.3, 0.4) is 0 Å². The number of tetrazole rings is 1. The van der Waals surface area contributed by atoms with Crippen molar-refractivity contribution in [3.63, 3.8) is 0 Å². The number of anilines is 2. The van der Waals surface area contributed by atoms with E-state index in [1.165, 1.54) is 5.56 Å². The van der Waals surface area contributed by atoms with Crippen LogP contribution in [0, 0.1) is 6.92 Å². The lowest BCUT2D eigenvalue weighted by Gasteiger charge is -2.08. The van der Waals surface area contributed by atoms with E-state index in [0.717, 1.165) is 11.4 Å². The van der Waals surface area contributed by atoms with E-state index >= 15 is 0 Å². The highest BCUT2D eigenvalue weighted by Crippen LogP contribution is 2.22. The zero-order chi connectivity index (χ0) is 13.9. The van der Waals surface area contributed by atoms with E-state index in [4.69, 9.17) is 11.6 Å². The summed E-state index contributed by atoms with van der Waals surface area (Å²) in [4.78, 5) is 0. The van der Waals surface area contributed by atoms with Crippen LogP contribution in [-0.4, -0.2) is 20.2 Å². The molecule has 0 atom stereocenters. The molecule has 0 aliphatic carbocycles. The van der Waals surface area contributed by atoms with Crippen LogP contribution in [0.5, 0.6) is 0 Å². The minimum atomic E-state index is 0.516. The molecule has 0 bridgehead atoms. The molecule has 100 valence electrons. The molecule has 0 amide bonds. The number of rotatable bonds is 3. The van der Waals surface area contributed by atoms with Crippen LogP contribution < -0.4 is 5.32 Å². The molecule has 3 rings (SSSR count). The van der Waals surface area contributed by atoms with Crippen LogP contribution in [0.1, 0.15) is 5.56 Å². The summed E-state index contributed by atoms with van der Waals surface area (Å²) in [6.07, 6.45) is 0. The molecule has 5 nitrogen and oxygen atoms in total. The molecular weight excluding hydrogens is 274 g/mol. The van der Waals surface area contributed by atoms with Crippen molar-refractivity contribution < 1.29 is 0 Å². The van der Waals surface area contributed by atoms with Gasteiger partial charge in [0.15, 0.2) is 0 Å². The summed E-state index contributed by atoms with van der Waals surface area (Å²) in [7, 11) is 0. The van der Waals surface area contributed by atoms with E-state index in [2.05, 4.69) is 20.8 Å². The third kappa shape index (κ3) is 2.48. The molecule has 0 radical (unpaired) electrons. The summed E-state index contributed by atoms with van der Waals surface area (Å²) in [5.41, 5.74) is 2.84. The van der Waals surface area contributed by atoms with Crippen molar-refractivity contribution in [2.45, 2.75) is 6.92 Å². The first-order valence-electron chi connectivity index (χ1n) is 6.11. The van der Waals surface area contributed by atoms with E-state index in [1.54, 1.807) is 10.7 Å². The molecular formula is C14H12ClN5. The summed E-state index contributed by atoms with van der Waals surface area (Å²) in [6, 6.07) is 15.4. The van der Waals surface area contributed by atoms with Crippen molar-refractivity contribution in [2.24, 2.45) is 0 Å². The summed E-state index contributed by atoms with van der Waals surface area (Å²) in [5, 5.41) is 15.4. The van der Waals surface area contributed by atoms with Gasteiger partial charge in [-0.1, -0.05) is 46.5 Å². The normalized spacial score (nSPS) is 10.5. The molecule has 0 fully saturated rings. The molecule has 6 heteroatoms. The van der Waals surface area contributed by atoms with Gasteiger partial charge in [0, 0.05) is 5.69 Å². The molecule has 0 spiro atoms. The maximum Gasteiger partial charge on any atom is 0.252 e. The number of hydrogen-bond donors (Lipinski definition) is 1. The number of halogens is 1. The van der Waals surface area contributed by atoms with Gasteiger partial charge in [-0.15, -0.1) is 0 Å². The summed E-state index contributed by atoms with van der Waals surface area (Å²) >= 11 is 6.17. The lowest BCUT2D eigenvalue weighted by Crippen LogP contribution is -2.03. The van der Waals surface area contributed by atoms with Crippen molar-refractivity contribution >= 4 is 23.2 Å². The topological polar surface area (TPSA) is 55.6 Å². The van der Waals surface area contributed by atoms with Gasteiger partial charge < -0.3 is 5.32 Å². The molecule has 0 saturated carbocycles. The van der Waals surface area contributed by atoms with Gasteiger partial charge in [-0.05, 0) is 41.6 Å². The standard InChI is InChI=1S/C14H12ClN5/c1-10-6-8-11(9-7-10)16-14-17-18-19-20(14)13-5-3-2-4-12(13)15/h2-9H,1H3,(H,16,17,19). The zero-order valence-corrected chi connectivity index (χ0v) is 11.5. The van der Waals surface area contributed by atoms with Crippen molar-refractivity contribution in [2.75, 3.05) is 5.32 Å². The fraction of sp³-hybridized carbons (Fsp3) is 0.0714. The SMILES string of the molecule is Cc1ccc(Nc2nnnn2-c2ccccc2Cl)cc1.